The summed E-state index contributed by atoms with van der Waals surface area (Å²) in [6.07, 6.45) is 2.00. The predicted molar refractivity (Wildman–Crippen MR) is 86.0 cm³/mol. The van der Waals surface area contributed by atoms with Gasteiger partial charge in [-0.15, -0.1) is 11.3 Å². The van der Waals surface area contributed by atoms with Gasteiger partial charge in [0, 0.05) is 4.88 Å². The maximum absolute atomic E-state index is 12.4. The number of thiophene rings is 1. The third-order valence-electron chi connectivity index (χ3n) is 4.29. The molecular formula is C16H25NO3S. The first-order chi connectivity index (χ1) is 9.52. The molecule has 5 heteroatoms. The first-order valence-corrected chi connectivity index (χ1v) is 7.99. The summed E-state index contributed by atoms with van der Waals surface area (Å²) >= 11 is 1.46. The smallest absolute Gasteiger partial charge is 0.311 e. The predicted octanol–water partition coefficient (Wildman–Crippen LogP) is 3.63. The highest BCUT2D eigenvalue weighted by Crippen LogP contribution is 2.32. The molecule has 0 saturated heterocycles. The molecule has 4 nitrogen and oxygen atoms in total. The van der Waals surface area contributed by atoms with Gasteiger partial charge in [-0.3, -0.25) is 9.59 Å². The molecule has 0 unspecified atom stereocenters. The van der Waals surface area contributed by atoms with Crippen LogP contribution in [0.4, 0.5) is 0 Å². The highest BCUT2D eigenvalue weighted by atomic mass is 32.1. The second kappa shape index (κ2) is 6.18. The fraction of sp³-hybridized carbons (Fsp3) is 0.625. The van der Waals surface area contributed by atoms with Gasteiger partial charge in [0.2, 0.25) is 0 Å². The molecule has 118 valence electrons. The van der Waals surface area contributed by atoms with E-state index in [4.69, 9.17) is 0 Å². The molecular weight excluding hydrogens is 286 g/mol. The zero-order chi connectivity index (χ0) is 16.4. The zero-order valence-corrected chi connectivity index (χ0v) is 14.5. The van der Waals surface area contributed by atoms with Crippen LogP contribution in [-0.4, -0.2) is 22.5 Å². The highest BCUT2D eigenvalue weighted by molar-refractivity contribution is 7.14. The van der Waals surface area contributed by atoms with E-state index < -0.39 is 16.9 Å². The summed E-state index contributed by atoms with van der Waals surface area (Å²) in [5.41, 5.74) is -0.706. The summed E-state index contributed by atoms with van der Waals surface area (Å²) in [6.45, 7) is 10.8. The summed E-state index contributed by atoms with van der Waals surface area (Å²) in [5.74, 6) is -1.13. The Morgan fingerprint density at radius 3 is 2.33 bits per heavy atom. The van der Waals surface area contributed by atoms with E-state index in [1.165, 1.54) is 16.9 Å². The number of hydrogen-bond acceptors (Lipinski definition) is 3. The molecule has 0 bridgehead atoms. The van der Waals surface area contributed by atoms with Crippen LogP contribution in [0.1, 0.15) is 61.2 Å². The van der Waals surface area contributed by atoms with Gasteiger partial charge < -0.3 is 10.4 Å². The second-order valence-electron chi connectivity index (χ2n) is 6.45. The van der Waals surface area contributed by atoms with Gasteiger partial charge in [0.25, 0.3) is 5.91 Å². The number of aliphatic carboxylic acids is 1. The molecule has 0 spiro atoms. The number of carboxylic acids is 1. The molecule has 0 fully saturated rings. The van der Waals surface area contributed by atoms with E-state index in [-0.39, 0.29) is 5.91 Å². The van der Waals surface area contributed by atoms with Gasteiger partial charge in [0.1, 0.15) is 0 Å². The van der Waals surface area contributed by atoms with Crippen molar-refractivity contribution in [1.29, 1.82) is 0 Å². The third kappa shape index (κ3) is 3.64. The second-order valence-corrected chi connectivity index (χ2v) is 7.71. The summed E-state index contributed by atoms with van der Waals surface area (Å²) < 4.78 is 0. The van der Waals surface area contributed by atoms with Crippen LogP contribution >= 0.6 is 11.3 Å². The molecule has 1 amide bonds. The van der Waals surface area contributed by atoms with Gasteiger partial charge in [0.05, 0.1) is 15.8 Å². The zero-order valence-electron chi connectivity index (χ0n) is 13.7. The number of carbonyl (C=O) groups excluding carboxylic acids is 1. The number of nitrogens with one attached hydrogen (secondary N) is 1. The molecule has 21 heavy (non-hydrogen) atoms. The van der Waals surface area contributed by atoms with Gasteiger partial charge in [0.15, 0.2) is 0 Å². The Balaban J connectivity index is 2.95. The van der Waals surface area contributed by atoms with E-state index in [0.717, 1.165) is 17.7 Å². The normalized spacial score (nSPS) is 12.3. The van der Waals surface area contributed by atoms with Crippen LogP contribution in [0.2, 0.25) is 0 Å². The summed E-state index contributed by atoms with van der Waals surface area (Å²) in [6, 6.07) is 1.92. The lowest BCUT2D eigenvalue weighted by Gasteiger charge is -2.38. The van der Waals surface area contributed by atoms with Gasteiger partial charge in [-0.25, -0.2) is 0 Å². The van der Waals surface area contributed by atoms with E-state index in [0.29, 0.717) is 4.88 Å². The molecule has 1 aromatic rings. The lowest BCUT2D eigenvalue weighted by Crippen LogP contribution is -2.56. The largest absolute Gasteiger partial charge is 0.481 e. The number of aryl methyl sites for hydroxylation is 2. The third-order valence-corrected chi connectivity index (χ3v) is 5.38. The van der Waals surface area contributed by atoms with E-state index in [1.807, 2.05) is 13.0 Å². The monoisotopic (exact) mass is 311 g/mol. The van der Waals surface area contributed by atoms with Crippen molar-refractivity contribution in [2.45, 2.75) is 59.9 Å². The molecule has 0 aromatic carbocycles. The van der Waals surface area contributed by atoms with Crippen molar-refractivity contribution in [1.82, 2.24) is 5.32 Å². The van der Waals surface area contributed by atoms with Crippen molar-refractivity contribution in [3.63, 3.8) is 0 Å². The Morgan fingerprint density at radius 2 is 1.86 bits per heavy atom. The Morgan fingerprint density at radius 1 is 1.29 bits per heavy atom. The number of hydrogen-bond donors (Lipinski definition) is 2. The molecule has 1 aromatic heterocycles. The molecule has 1 heterocycles. The summed E-state index contributed by atoms with van der Waals surface area (Å²) in [5, 5.41) is 12.2. The Bertz CT molecular complexity index is 544. The maximum Gasteiger partial charge on any atom is 0.311 e. The van der Waals surface area contributed by atoms with E-state index in [1.54, 1.807) is 27.7 Å². The molecule has 0 aliphatic rings. The van der Waals surface area contributed by atoms with Crippen LogP contribution < -0.4 is 5.32 Å². The van der Waals surface area contributed by atoms with Crippen LogP contribution in [0.5, 0.6) is 0 Å². The molecule has 0 saturated carbocycles. The van der Waals surface area contributed by atoms with Crippen LogP contribution in [0, 0.1) is 12.3 Å². The Hall–Kier alpha value is -1.36. The molecule has 0 atom stereocenters. The molecule has 0 aliphatic carbocycles. The Labute approximate surface area is 130 Å². The maximum atomic E-state index is 12.4. The lowest BCUT2D eigenvalue weighted by molar-refractivity contribution is -0.150. The fourth-order valence-corrected chi connectivity index (χ4v) is 2.89. The molecule has 0 aliphatic heterocycles. The van der Waals surface area contributed by atoms with E-state index in [2.05, 4.69) is 12.2 Å². The van der Waals surface area contributed by atoms with Crippen LogP contribution in [-0.2, 0) is 11.2 Å². The van der Waals surface area contributed by atoms with Crippen LogP contribution in [0.3, 0.4) is 0 Å². The van der Waals surface area contributed by atoms with Crippen molar-refractivity contribution >= 4 is 23.2 Å². The van der Waals surface area contributed by atoms with Gasteiger partial charge in [-0.1, -0.05) is 13.3 Å². The van der Waals surface area contributed by atoms with Crippen molar-refractivity contribution in [3.8, 4) is 0 Å². The minimum atomic E-state index is -1.05. The summed E-state index contributed by atoms with van der Waals surface area (Å²) in [7, 11) is 0. The number of amides is 1. The van der Waals surface area contributed by atoms with Crippen molar-refractivity contribution < 1.29 is 14.7 Å². The molecule has 2 N–H and O–H groups in total. The fourth-order valence-electron chi connectivity index (χ4n) is 1.92. The Kier molecular flexibility index (Phi) is 5.20. The van der Waals surface area contributed by atoms with Crippen molar-refractivity contribution in [3.05, 3.63) is 21.4 Å². The molecule has 1 rings (SSSR count). The topological polar surface area (TPSA) is 66.4 Å². The van der Waals surface area contributed by atoms with Crippen LogP contribution in [0.25, 0.3) is 0 Å². The number of rotatable bonds is 6. The minimum Gasteiger partial charge on any atom is -0.481 e. The summed E-state index contributed by atoms with van der Waals surface area (Å²) in [4.78, 5) is 25.6. The van der Waals surface area contributed by atoms with Crippen molar-refractivity contribution in [2.75, 3.05) is 0 Å². The quantitative estimate of drug-likeness (QED) is 0.843. The first kappa shape index (κ1) is 17.7. The number of carbonyl (C=O) groups is 2. The first-order valence-electron chi connectivity index (χ1n) is 7.18. The van der Waals surface area contributed by atoms with E-state index >= 15 is 0 Å². The highest BCUT2D eigenvalue weighted by Gasteiger charge is 2.44. The average molecular weight is 311 g/mol. The van der Waals surface area contributed by atoms with Gasteiger partial charge in [-0.05, 0) is 52.7 Å². The minimum absolute atomic E-state index is 0.204. The number of carboxylic acid groups (broad SMARTS) is 1. The van der Waals surface area contributed by atoms with E-state index in [9.17, 15) is 14.7 Å². The standard InChI is InChI=1S/C16H25NO3S/c1-7-8-11-9-12(21-10(11)2)13(18)17-16(5,6)15(3,4)14(19)20/h9H,7-8H2,1-6H3,(H,17,18)(H,19,20). The molecule has 0 radical (unpaired) electrons. The van der Waals surface area contributed by atoms with Gasteiger partial charge >= 0.3 is 5.97 Å². The SMILES string of the molecule is CCCc1cc(C(=O)NC(C)(C)C(C)(C)C(=O)O)sc1C. The van der Waals surface area contributed by atoms with Gasteiger partial charge in [-0.2, -0.15) is 0 Å². The van der Waals surface area contributed by atoms with Crippen molar-refractivity contribution in [2.24, 2.45) is 5.41 Å². The lowest BCUT2D eigenvalue weighted by atomic mass is 9.74. The average Bonchev–Trinajstić information content (AvgIpc) is 2.70. The van der Waals surface area contributed by atoms with Crippen LogP contribution in [0.15, 0.2) is 6.07 Å².